The van der Waals surface area contributed by atoms with E-state index in [0.29, 0.717) is 6.61 Å². The third kappa shape index (κ3) is 2.89. The van der Waals surface area contributed by atoms with E-state index in [4.69, 9.17) is 4.74 Å². The van der Waals surface area contributed by atoms with Crippen LogP contribution in [0.2, 0.25) is 0 Å². The maximum Gasteiger partial charge on any atom is 0.334 e. The number of carboxylic acids is 1. The summed E-state index contributed by atoms with van der Waals surface area (Å²) < 4.78 is 5.37. The second kappa shape index (κ2) is 5.98. The number of hydrogen-bond donors (Lipinski definition) is 1. The van der Waals surface area contributed by atoms with Crippen molar-refractivity contribution in [3.05, 3.63) is 35.9 Å². The van der Waals surface area contributed by atoms with Crippen molar-refractivity contribution in [2.45, 2.75) is 32.0 Å². The van der Waals surface area contributed by atoms with Gasteiger partial charge in [-0.25, -0.2) is 4.79 Å². The Labute approximate surface area is 107 Å². The highest BCUT2D eigenvalue weighted by atomic mass is 16.5. The van der Waals surface area contributed by atoms with Gasteiger partial charge in [-0.15, -0.1) is 0 Å². The Bertz CT molecular complexity index is 393. The lowest BCUT2D eigenvalue weighted by molar-refractivity contribution is -0.163. The molecule has 0 bridgehead atoms. The van der Waals surface area contributed by atoms with E-state index in [-0.39, 0.29) is 6.04 Å². The third-order valence-electron chi connectivity index (χ3n) is 3.38. The topological polar surface area (TPSA) is 49.8 Å². The smallest absolute Gasteiger partial charge is 0.334 e. The van der Waals surface area contributed by atoms with Crippen molar-refractivity contribution in [3.63, 3.8) is 0 Å². The highest BCUT2D eigenvalue weighted by Gasteiger charge is 2.35. The van der Waals surface area contributed by atoms with Gasteiger partial charge < -0.3 is 9.84 Å². The van der Waals surface area contributed by atoms with Crippen molar-refractivity contribution in [1.29, 1.82) is 0 Å². The summed E-state index contributed by atoms with van der Waals surface area (Å²) in [7, 11) is 0. The normalized spacial score (nSPS) is 24.9. The number of nitrogens with zero attached hydrogens (tertiary/aromatic N) is 1. The lowest BCUT2D eigenvalue weighted by Gasteiger charge is -2.39. The molecule has 0 amide bonds. The minimum Gasteiger partial charge on any atom is -0.479 e. The summed E-state index contributed by atoms with van der Waals surface area (Å²) in [6.07, 6.45) is 0.0801. The number of aliphatic carboxylic acids is 1. The molecule has 2 atom stereocenters. The van der Waals surface area contributed by atoms with Crippen LogP contribution in [0.15, 0.2) is 30.3 Å². The molecule has 4 heteroatoms. The predicted molar refractivity (Wildman–Crippen MR) is 68.3 cm³/mol. The van der Waals surface area contributed by atoms with Gasteiger partial charge in [-0.05, 0) is 12.0 Å². The fourth-order valence-corrected chi connectivity index (χ4v) is 2.49. The number of hydrogen-bond acceptors (Lipinski definition) is 3. The van der Waals surface area contributed by atoms with E-state index < -0.39 is 12.1 Å². The van der Waals surface area contributed by atoms with Gasteiger partial charge in [0.1, 0.15) is 0 Å². The van der Waals surface area contributed by atoms with E-state index in [1.807, 2.05) is 25.1 Å². The Balaban J connectivity index is 2.08. The Hall–Kier alpha value is -1.39. The molecule has 1 aromatic rings. The van der Waals surface area contributed by atoms with Gasteiger partial charge in [0.05, 0.1) is 6.61 Å². The summed E-state index contributed by atoms with van der Waals surface area (Å²) in [6.45, 7) is 4.07. The molecule has 18 heavy (non-hydrogen) atoms. The molecule has 0 radical (unpaired) electrons. The number of morpholine rings is 1. The van der Waals surface area contributed by atoms with E-state index in [2.05, 4.69) is 17.0 Å². The fraction of sp³-hybridized carbons (Fsp3) is 0.500. The van der Waals surface area contributed by atoms with E-state index >= 15 is 0 Å². The highest BCUT2D eigenvalue weighted by Crippen LogP contribution is 2.20. The zero-order valence-electron chi connectivity index (χ0n) is 10.6. The van der Waals surface area contributed by atoms with Gasteiger partial charge in [0.15, 0.2) is 6.10 Å². The molecule has 0 saturated carbocycles. The number of ether oxygens (including phenoxy) is 1. The highest BCUT2D eigenvalue weighted by molar-refractivity contribution is 5.73. The van der Waals surface area contributed by atoms with Crippen molar-refractivity contribution in [3.8, 4) is 0 Å². The molecule has 98 valence electrons. The first-order chi connectivity index (χ1) is 8.72. The summed E-state index contributed by atoms with van der Waals surface area (Å²) in [5, 5.41) is 9.17. The van der Waals surface area contributed by atoms with E-state index in [0.717, 1.165) is 19.5 Å². The van der Waals surface area contributed by atoms with Gasteiger partial charge in [0, 0.05) is 19.1 Å². The van der Waals surface area contributed by atoms with Gasteiger partial charge in [-0.2, -0.15) is 0 Å². The molecule has 2 rings (SSSR count). The molecule has 0 aromatic heterocycles. The van der Waals surface area contributed by atoms with Crippen molar-refractivity contribution in [2.75, 3.05) is 13.2 Å². The zero-order chi connectivity index (χ0) is 13.0. The van der Waals surface area contributed by atoms with Crippen LogP contribution in [0.4, 0.5) is 0 Å². The summed E-state index contributed by atoms with van der Waals surface area (Å²) in [5.41, 5.74) is 1.21. The standard InChI is InChI=1S/C14H19NO3/c1-2-12-13(14(16)17)18-9-8-15(12)10-11-6-4-3-5-7-11/h3-7,12-13H,2,8-10H2,1H3,(H,16,17)/t12-,13+/m1/s1. The van der Waals surface area contributed by atoms with Crippen LogP contribution in [0.1, 0.15) is 18.9 Å². The lowest BCUT2D eigenvalue weighted by Crippen LogP contribution is -2.53. The minimum absolute atomic E-state index is 0.0449. The molecule has 0 unspecified atom stereocenters. The van der Waals surface area contributed by atoms with Crippen molar-refractivity contribution < 1.29 is 14.6 Å². The van der Waals surface area contributed by atoms with Crippen LogP contribution >= 0.6 is 0 Å². The van der Waals surface area contributed by atoms with Gasteiger partial charge in [0.2, 0.25) is 0 Å². The maximum atomic E-state index is 11.2. The predicted octanol–water partition coefficient (Wildman–Crippen LogP) is 1.75. The van der Waals surface area contributed by atoms with Crippen LogP contribution in [0.3, 0.4) is 0 Å². The summed E-state index contributed by atoms with van der Waals surface area (Å²) in [6, 6.07) is 10.1. The molecular weight excluding hydrogens is 230 g/mol. The maximum absolute atomic E-state index is 11.2. The Morgan fingerprint density at radius 3 is 2.78 bits per heavy atom. The van der Waals surface area contributed by atoms with Crippen LogP contribution < -0.4 is 0 Å². The molecular formula is C14H19NO3. The first-order valence-corrected chi connectivity index (χ1v) is 6.34. The van der Waals surface area contributed by atoms with Crippen LogP contribution in [-0.4, -0.2) is 41.3 Å². The first-order valence-electron chi connectivity index (χ1n) is 6.34. The molecule has 1 saturated heterocycles. The van der Waals surface area contributed by atoms with Crippen LogP contribution in [-0.2, 0) is 16.1 Å². The van der Waals surface area contributed by atoms with Crippen molar-refractivity contribution >= 4 is 5.97 Å². The summed E-state index contributed by atoms with van der Waals surface area (Å²) in [5.74, 6) is -0.861. The Morgan fingerprint density at radius 2 is 2.17 bits per heavy atom. The van der Waals surface area contributed by atoms with Crippen LogP contribution in [0, 0.1) is 0 Å². The largest absolute Gasteiger partial charge is 0.479 e. The first kappa shape index (κ1) is 13.1. The molecule has 1 aliphatic heterocycles. The number of benzene rings is 1. The quantitative estimate of drug-likeness (QED) is 0.883. The van der Waals surface area contributed by atoms with Gasteiger partial charge >= 0.3 is 5.97 Å². The molecule has 1 aromatic carbocycles. The average Bonchev–Trinajstić information content (AvgIpc) is 2.39. The Morgan fingerprint density at radius 1 is 1.44 bits per heavy atom. The van der Waals surface area contributed by atoms with Gasteiger partial charge in [-0.1, -0.05) is 37.3 Å². The average molecular weight is 249 g/mol. The number of carbonyl (C=O) groups is 1. The van der Waals surface area contributed by atoms with E-state index in [9.17, 15) is 9.90 Å². The number of rotatable bonds is 4. The SMILES string of the molecule is CC[C@@H]1[C@@H](C(=O)O)OCCN1Cc1ccccc1. The molecule has 0 aliphatic carbocycles. The molecule has 1 heterocycles. The molecule has 1 aliphatic rings. The number of carboxylic acid groups (broad SMARTS) is 1. The molecule has 0 spiro atoms. The Kier molecular flexibility index (Phi) is 4.33. The van der Waals surface area contributed by atoms with Crippen molar-refractivity contribution in [1.82, 2.24) is 4.90 Å². The van der Waals surface area contributed by atoms with E-state index in [1.165, 1.54) is 5.56 Å². The minimum atomic E-state index is -0.861. The fourth-order valence-electron chi connectivity index (χ4n) is 2.49. The monoisotopic (exact) mass is 249 g/mol. The zero-order valence-corrected chi connectivity index (χ0v) is 10.6. The summed E-state index contributed by atoms with van der Waals surface area (Å²) in [4.78, 5) is 13.4. The second-order valence-corrected chi connectivity index (χ2v) is 4.56. The van der Waals surface area contributed by atoms with Crippen molar-refractivity contribution in [2.24, 2.45) is 0 Å². The molecule has 1 fully saturated rings. The lowest BCUT2D eigenvalue weighted by atomic mass is 10.0. The summed E-state index contributed by atoms with van der Waals surface area (Å²) >= 11 is 0. The van der Waals surface area contributed by atoms with Crippen LogP contribution in [0.25, 0.3) is 0 Å². The van der Waals surface area contributed by atoms with E-state index in [1.54, 1.807) is 0 Å². The second-order valence-electron chi connectivity index (χ2n) is 4.56. The van der Waals surface area contributed by atoms with Gasteiger partial charge in [-0.3, -0.25) is 4.90 Å². The third-order valence-corrected chi connectivity index (χ3v) is 3.38. The van der Waals surface area contributed by atoms with Crippen LogP contribution in [0.5, 0.6) is 0 Å². The van der Waals surface area contributed by atoms with Gasteiger partial charge in [0.25, 0.3) is 0 Å². The molecule has 4 nitrogen and oxygen atoms in total. The molecule has 1 N–H and O–H groups in total.